The number of rotatable bonds is 2. The van der Waals surface area contributed by atoms with Gasteiger partial charge >= 0.3 is 0 Å². The summed E-state index contributed by atoms with van der Waals surface area (Å²) in [6.45, 7) is 1.88. The van der Waals surface area contributed by atoms with Crippen LogP contribution in [0.5, 0.6) is 0 Å². The average molecular weight is 199 g/mol. The maximum atomic E-state index is 11.3. The zero-order valence-electron chi connectivity index (χ0n) is 7.96. The third kappa shape index (κ3) is 2.01. The van der Waals surface area contributed by atoms with Crippen LogP contribution in [-0.2, 0) is 9.84 Å². The topological polar surface area (TPSA) is 46.2 Å². The molecule has 0 amide bonds. The predicted octanol–water partition coefficient (Wildman–Crippen LogP) is 1.44. The Kier molecular flexibility index (Phi) is 2.61. The van der Waals surface area contributed by atoms with Crippen LogP contribution in [0.25, 0.3) is 0 Å². The highest BCUT2D eigenvalue weighted by atomic mass is 32.2. The van der Waals surface area contributed by atoms with Crippen molar-refractivity contribution in [2.75, 3.05) is 18.6 Å². The summed E-state index contributed by atoms with van der Waals surface area (Å²) in [4.78, 5) is 0.356. The molecule has 0 saturated carbocycles. The summed E-state index contributed by atoms with van der Waals surface area (Å²) < 4.78 is 22.6. The van der Waals surface area contributed by atoms with Gasteiger partial charge in [0.1, 0.15) is 0 Å². The monoisotopic (exact) mass is 199 g/mol. The van der Waals surface area contributed by atoms with Gasteiger partial charge in [-0.25, -0.2) is 8.42 Å². The Morgan fingerprint density at radius 2 is 1.92 bits per heavy atom. The molecular weight excluding hydrogens is 186 g/mol. The summed E-state index contributed by atoms with van der Waals surface area (Å²) in [7, 11) is -1.41. The van der Waals surface area contributed by atoms with Crippen LogP contribution < -0.4 is 5.32 Å². The number of sulfone groups is 1. The first kappa shape index (κ1) is 10.1. The van der Waals surface area contributed by atoms with E-state index in [1.54, 1.807) is 19.2 Å². The predicted molar refractivity (Wildman–Crippen MR) is 53.8 cm³/mol. The quantitative estimate of drug-likeness (QED) is 0.784. The second-order valence-corrected chi connectivity index (χ2v) is 4.95. The van der Waals surface area contributed by atoms with Crippen LogP contribution in [0, 0.1) is 6.92 Å². The van der Waals surface area contributed by atoms with Gasteiger partial charge < -0.3 is 5.32 Å². The van der Waals surface area contributed by atoms with Crippen LogP contribution in [-0.4, -0.2) is 21.7 Å². The van der Waals surface area contributed by atoms with Crippen molar-refractivity contribution in [3.63, 3.8) is 0 Å². The lowest BCUT2D eigenvalue weighted by Crippen LogP contribution is -2.03. The summed E-state index contributed by atoms with van der Waals surface area (Å²) in [6.07, 6.45) is 1.21. The van der Waals surface area contributed by atoms with Gasteiger partial charge in [-0.15, -0.1) is 0 Å². The van der Waals surface area contributed by atoms with Crippen LogP contribution in [0.15, 0.2) is 23.1 Å². The molecule has 0 spiro atoms. The molecule has 0 heterocycles. The zero-order chi connectivity index (χ0) is 10.1. The van der Waals surface area contributed by atoms with E-state index >= 15 is 0 Å². The molecule has 72 valence electrons. The molecule has 13 heavy (non-hydrogen) atoms. The van der Waals surface area contributed by atoms with Gasteiger partial charge in [0.05, 0.1) is 10.6 Å². The van der Waals surface area contributed by atoms with Crippen LogP contribution in [0.2, 0.25) is 0 Å². The summed E-state index contributed by atoms with van der Waals surface area (Å²) >= 11 is 0. The van der Waals surface area contributed by atoms with Crippen molar-refractivity contribution in [1.29, 1.82) is 0 Å². The minimum absolute atomic E-state index is 0.356. The number of para-hydroxylation sites is 1. The minimum Gasteiger partial charge on any atom is -0.387 e. The number of anilines is 1. The van der Waals surface area contributed by atoms with Crippen molar-refractivity contribution in [3.8, 4) is 0 Å². The normalized spacial score (nSPS) is 11.3. The Morgan fingerprint density at radius 3 is 2.31 bits per heavy atom. The third-order valence-corrected chi connectivity index (χ3v) is 3.02. The first-order valence-corrected chi connectivity index (χ1v) is 5.83. The molecule has 1 aromatic carbocycles. The number of benzene rings is 1. The van der Waals surface area contributed by atoms with E-state index in [0.29, 0.717) is 10.6 Å². The van der Waals surface area contributed by atoms with Gasteiger partial charge in [-0.3, -0.25) is 0 Å². The smallest absolute Gasteiger partial charge is 0.177 e. The highest BCUT2D eigenvalue weighted by Gasteiger charge is 2.12. The Morgan fingerprint density at radius 1 is 1.31 bits per heavy atom. The van der Waals surface area contributed by atoms with E-state index in [0.717, 1.165) is 5.56 Å². The van der Waals surface area contributed by atoms with E-state index in [1.165, 1.54) is 6.26 Å². The molecule has 0 unspecified atom stereocenters. The Labute approximate surface area is 78.7 Å². The van der Waals surface area contributed by atoms with Crippen LogP contribution in [0.4, 0.5) is 5.69 Å². The molecule has 0 fully saturated rings. The van der Waals surface area contributed by atoms with Gasteiger partial charge in [0.25, 0.3) is 0 Å². The standard InChI is InChI=1S/C9H13NO2S/c1-7-5-4-6-8(9(7)10-2)13(3,11)12/h4-6,10H,1-3H3. The molecule has 4 heteroatoms. The van der Waals surface area contributed by atoms with Crippen molar-refractivity contribution in [1.82, 2.24) is 0 Å². The first-order valence-electron chi connectivity index (χ1n) is 3.94. The average Bonchev–Trinajstić information content (AvgIpc) is 2.02. The molecule has 1 rings (SSSR count). The highest BCUT2D eigenvalue weighted by molar-refractivity contribution is 7.90. The lowest BCUT2D eigenvalue weighted by Gasteiger charge is -2.09. The van der Waals surface area contributed by atoms with Crippen LogP contribution in [0.1, 0.15) is 5.56 Å². The van der Waals surface area contributed by atoms with E-state index in [-0.39, 0.29) is 0 Å². The summed E-state index contributed by atoms with van der Waals surface area (Å²) in [5.41, 5.74) is 1.62. The van der Waals surface area contributed by atoms with E-state index < -0.39 is 9.84 Å². The highest BCUT2D eigenvalue weighted by Crippen LogP contribution is 2.23. The molecule has 0 bridgehead atoms. The molecule has 0 aliphatic heterocycles. The summed E-state index contributed by atoms with van der Waals surface area (Å²) in [6, 6.07) is 5.22. The van der Waals surface area contributed by atoms with E-state index in [9.17, 15) is 8.42 Å². The zero-order valence-corrected chi connectivity index (χ0v) is 8.77. The fourth-order valence-corrected chi connectivity index (χ4v) is 2.23. The fourth-order valence-electron chi connectivity index (χ4n) is 1.27. The van der Waals surface area contributed by atoms with Gasteiger partial charge in [-0.05, 0) is 18.6 Å². The van der Waals surface area contributed by atoms with Crippen molar-refractivity contribution < 1.29 is 8.42 Å². The Bertz CT molecular complexity index is 410. The number of aryl methyl sites for hydroxylation is 1. The number of hydrogen-bond acceptors (Lipinski definition) is 3. The van der Waals surface area contributed by atoms with Gasteiger partial charge in [0.2, 0.25) is 0 Å². The van der Waals surface area contributed by atoms with Gasteiger partial charge in [-0.2, -0.15) is 0 Å². The molecule has 0 radical (unpaired) electrons. The maximum Gasteiger partial charge on any atom is 0.177 e. The second-order valence-electron chi connectivity index (χ2n) is 2.97. The molecule has 0 aliphatic rings. The van der Waals surface area contributed by atoms with Crippen molar-refractivity contribution in [3.05, 3.63) is 23.8 Å². The maximum absolute atomic E-state index is 11.3. The minimum atomic E-state index is -3.13. The van der Waals surface area contributed by atoms with Crippen molar-refractivity contribution in [2.45, 2.75) is 11.8 Å². The Hall–Kier alpha value is -1.03. The Balaban J connectivity index is 3.47. The van der Waals surface area contributed by atoms with Crippen molar-refractivity contribution in [2.24, 2.45) is 0 Å². The molecule has 1 N–H and O–H groups in total. The number of hydrogen-bond donors (Lipinski definition) is 1. The van der Waals surface area contributed by atoms with Gasteiger partial charge in [0.15, 0.2) is 9.84 Å². The molecule has 0 aliphatic carbocycles. The third-order valence-electron chi connectivity index (χ3n) is 1.88. The molecule has 3 nitrogen and oxygen atoms in total. The lowest BCUT2D eigenvalue weighted by molar-refractivity contribution is 0.602. The largest absolute Gasteiger partial charge is 0.387 e. The van der Waals surface area contributed by atoms with E-state index in [4.69, 9.17) is 0 Å². The van der Waals surface area contributed by atoms with Crippen LogP contribution >= 0.6 is 0 Å². The number of nitrogens with one attached hydrogen (secondary N) is 1. The molecular formula is C9H13NO2S. The van der Waals surface area contributed by atoms with Gasteiger partial charge in [0, 0.05) is 13.3 Å². The first-order chi connectivity index (χ1) is 5.96. The second kappa shape index (κ2) is 3.38. The SMILES string of the molecule is CNc1c(C)cccc1S(C)(=O)=O. The van der Waals surface area contributed by atoms with E-state index in [2.05, 4.69) is 5.32 Å². The van der Waals surface area contributed by atoms with Crippen LogP contribution in [0.3, 0.4) is 0 Å². The lowest BCUT2D eigenvalue weighted by atomic mass is 10.2. The molecule has 1 aromatic rings. The van der Waals surface area contributed by atoms with Gasteiger partial charge in [-0.1, -0.05) is 12.1 Å². The molecule has 0 saturated heterocycles. The summed E-state index contributed by atoms with van der Waals surface area (Å²) in [5.74, 6) is 0. The summed E-state index contributed by atoms with van der Waals surface area (Å²) in [5, 5.41) is 2.89. The van der Waals surface area contributed by atoms with Crippen molar-refractivity contribution >= 4 is 15.5 Å². The van der Waals surface area contributed by atoms with E-state index in [1.807, 2.05) is 13.0 Å². The molecule has 0 aromatic heterocycles. The fraction of sp³-hybridized carbons (Fsp3) is 0.333. The molecule has 0 atom stereocenters.